The van der Waals surface area contributed by atoms with Gasteiger partial charge >= 0.3 is 0 Å². The molecule has 0 spiro atoms. The zero-order valence-corrected chi connectivity index (χ0v) is 21.2. The lowest BCUT2D eigenvalue weighted by Gasteiger charge is -2.61. The van der Waals surface area contributed by atoms with E-state index in [9.17, 15) is 0 Å². The van der Waals surface area contributed by atoms with E-state index in [0.717, 1.165) is 11.0 Å². The normalized spacial score (nSPS) is 15.9. The maximum absolute atomic E-state index is 6.74. The molecule has 0 bridgehead atoms. The van der Waals surface area contributed by atoms with Crippen molar-refractivity contribution in [3.8, 4) is 0 Å². The second kappa shape index (κ2) is 6.94. The fourth-order valence-corrected chi connectivity index (χ4v) is 25.8. The van der Waals surface area contributed by atoms with Gasteiger partial charge in [-0.1, -0.05) is 83.1 Å². The molecule has 0 rings (SSSR count). The van der Waals surface area contributed by atoms with E-state index in [1.165, 1.54) is 0 Å². The molecule has 0 heterocycles. The van der Waals surface area contributed by atoms with Gasteiger partial charge in [0.1, 0.15) is 16.5 Å². The van der Waals surface area contributed by atoms with E-state index >= 15 is 0 Å². The Bertz CT molecular complexity index is 329. The van der Waals surface area contributed by atoms with E-state index in [0.29, 0.717) is 0 Å². The van der Waals surface area contributed by atoms with Crippen LogP contribution in [0.15, 0.2) is 0 Å². The molecule has 0 saturated carbocycles. The standard InChI is InChI=1S/C18H41Cl2NSi2/c1-15(2,3)22(13-19,16(4,5)6)21-23(14-20,17(7,8)9)18(10,11)12/h21H,13-14H2,1-12H3. The van der Waals surface area contributed by atoms with Gasteiger partial charge in [-0.25, -0.2) is 0 Å². The largest absolute Gasteiger partial charge is 0.356 e. The molecule has 0 amide bonds. The molecular weight excluding hydrogens is 357 g/mol. The van der Waals surface area contributed by atoms with Crippen LogP contribution in [0.1, 0.15) is 83.1 Å². The molecule has 140 valence electrons. The predicted octanol–water partition coefficient (Wildman–Crippen LogP) is 7.22. The molecule has 0 radical (unpaired) electrons. The summed E-state index contributed by atoms with van der Waals surface area (Å²) in [5.41, 5.74) is 1.44. The Balaban J connectivity index is 6.56. The van der Waals surface area contributed by atoms with Crippen LogP contribution < -0.4 is 4.65 Å². The van der Waals surface area contributed by atoms with Crippen LogP contribution in [0.2, 0.25) is 20.2 Å². The zero-order valence-electron chi connectivity index (χ0n) is 17.7. The van der Waals surface area contributed by atoms with E-state index in [1.54, 1.807) is 0 Å². The summed E-state index contributed by atoms with van der Waals surface area (Å²) in [6, 6.07) is 0. The van der Waals surface area contributed by atoms with E-state index in [4.69, 9.17) is 23.2 Å². The smallest absolute Gasteiger partial charge is 0.145 e. The van der Waals surface area contributed by atoms with Gasteiger partial charge in [-0.3, -0.25) is 0 Å². The van der Waals surface area contributed by atoms with Crippen LogP contribution in [0.4, 0.5) is 0 Å². The molecule has 0 unspecified atom stereocenters. The predicted molar refractivity (Wildman–Crippen MR) is 115 cm³/mol. The van der Waals surface area contributed by atoms with Gasteiger partial charge in [0.25, 0.3) is 0 Å². The molecule has 0 fully saturated rings. The first-order valence-corrected chi connectivity index (χ1v) is 14.2. The van der Waals surface area contributed by atoms with Crippen molar-refractivity contribution in [1.82, 2.24) is 4.65 Å². The number of hydrogen-bond acceptors (Lipinski definition) is 1. The number of halogens is 2. The summed E-state index contributed by atoms with van der Waals surface area (Å²) >= 11 is 13.5. The summed E-state index contributed by atoms with van der Waals surface area (Å²) < 4.78 is 4.35. The Hall–Kier alpha value is 0.974. The summed E-state index contributed by atoms with van der Waals surface area (Å²) in [6.45, 7) is 28.3. The SMILES string of the molecule is CC(C)(C)[Si](CCl)(N[Si](CCl)(C(C)(C)C)C(C)(C)C)C(C)(C)C. The van der Waals surface area contributed by atoms with Crippen molar-refractivity contribution in [3.63, 3.8) is 0 Å². The minimum absolute atomic E-state index is 0.161. The molecule has 0 atom stereocenters. The van der Waals surface area contributed by atoms with Crippen LogP contribution in [-0.2, 0) is 0 Å². The fourth-order valence-electron chi connectivity index (χ4n) is 4.23. The molecular formula is C18H41Cl2NSi2. The van der Waals surface area contributed by atoms with Crippen LogP contribution in [0.3, 0.4) is 0 Å². The third-order valence-electron chi connectivity index (χ3n) is 5.95. The lowest BCUT2D eigenvalue weighted by Crippen LogP contribution is -2.79. The van der Waals surface area contributed by atoms with Crippen molar-refractivity contribution in [2.24, 2.45) is 0 Å². The van der Waals surface area contributed by atoms with Gasteiger partial charge in [0, 0.05) is 11.0 Å². The Morgan fingerprint density at radius 1 is 0.522 bits per heavy atom. The van der Waals surface area contributed by atoms with Gasteiger partial charge in [-0.05, 0) is 20.2 Å². The van der Waals surface area contributed by atoms with Crippen molar-refractivity contribution < 1.29 is 0 Å². The van der Waals surface area contributed by atoms with Crippen LogP contribution in [0.5, 0.6) is 0 Å². The number of alkyl halides is 2. The molecule has 1 nitrogen and oxygen atoms in total. The first kappa shape index (κ1) is 24.0. The van der Waals surface area contributed by atoms with Crippen LogP contribution in [0.25, 0.3) is 0 Å². The van der Waals surface area contributed by atoms with Gasteiger partial charge in [-0.2, -0.15) is 0 Å². The Labute approximate surface area is 158 Å². The highest BCUT2D eigenvalue weighted by Gasteiger charge is 2.62. The average Bonchev–Trinajstić information content (AvgIpc) is 2.23. The topological polar surface area (TPSA) is 12.0 Å². The maximum atomic E-state index is 6.74. The molecule has 1 N–H and O–H groups in total. The molecule has 0 aromatic rings. The minimum Gasteiger partial charge on any atom is -0.356 e. The van der Waals surface area contributed by atoms with E-state index < -0.39 is 16.5 Å². The Morgan fingerprint density at radius 2 is 0.696 bits per heavy atom. The second-order valence-corrected chi connectivity index (χ2v) is 24.0. The number of hydrogen-bond donors (Lipinski definition) is 1. The summed E-state index contributed by atoms with van der Waals surface area (Å²) in [6.07, 6.45) is 0. The first-order valence-electron chi connectivity index (χ1n) is 8.74. The molecule has 5 heteroatoms. The van der Waals surface area contributed by atoms with E-state index in [-0.39, 0.29) is 20.2 Å². The van der Waals surface area contributed by atoms with Crippen molar-refractivity contribution in [2.75, 3.05) is 11.0 Å². The molecule has 0 aromatic carbocycles. The fraction of sp³-hybridized carbons (Fsp3) is 1.00. The lowest BCUT2D eigenvalue weighted by atomic mass is 10.2. The Morgan fingerprint density at radius 3 is 0.783 bits per heavy atom. The lowest BCUT2D eigenvalue weighted by molar-refractivity contribution is 0.567. The van der Waals surface area contributed by atoms with Crippen LogP contribution in [-0.4, -0.2) is 27.5 Å². The highest BCUT2D eigenvalue weighted by molar-refractivity contribution is 7.02. The summed E-state index contributed by atoms with van der Waals surface area (Å²) in [4.78, 5) is 0. The third kappa shape index (κ3) is 4.21. The zero-order chi connectivity index (χ0) is 19.1. The highest BCUT2D eigenvalue weighted by Crippen LogP contribution is 2.56. The molecule has 0 aliphatic heterocycles. The first-order chi connectivity index (χ1) is 9.83. The van der Waals surface area contributed by atoms with Crippen molar-refractivity contribution in [1.29, 1.82) is 0 Å². The third-order valence-corrected chi connectivity index (χ3v) is 22.8. The molecule has 23 heavy (non-hydrogen) atoms. The van der Waals surface area contributed by atoms with E-state index in [2.05, 4.69) is 87.7 Å². The van der Waals surface area contributed by atoms with Crippen molar-refractivity contribution >= 4 is 39.7 Å². The van der Waals surface area contributed by atoms with Gasteiger partial charge in [-0.15, -0.1) is 23.2 Å². The summed E-state index contributed by atoms with van der Waals surface area (Å²) in [5.74, 6) is 0. The number of nitrogens with one attached hydrogen (secondary N) is 1. The summed E-state index contributed by atoms with van der Waals surface area (Å²) in [5, 5.41) is 0.642. The molecule has 0 aliphatic rings. The van der Waals surface area contributed by atoms with E-state index in [1.807, 2.05) is 0 Å². The molecule has 0 aliphatic carbocycles. The maximum Gasteiger partial charge on any atom is 0.145 e. The van der Waals surface area contributed by atoms with Gasteiger partial charge < -0.3 is 4.65 Å². The van der Waals surface area contributed by atoms with Gasteiger partial charge in [0.2, 0.25) is 0 Å². The van der Waals surface area contributed by atoms with Crippen LogP contribution in [0, 0.1) is 0 Å². The number of rotatable bonds is 4. The average molecular weight is 399 g/mol. The molecule has 0 saturated heterocycles. The summed E-state index contributed by atoms with van der Waals surface area (Å²) in [7, 11) is -4.11. The molecule has 0 aromatic heterocycles. The minimum atomic E-state index is -2.06. The van der Waals surface area contributed by atoms with Gasteiger partial charge in [0.15, 0.2) is 0 Å². The quantitative estimate of drug-likeness (QED) is 0.389. The highest BCUT2D eigenvalue weighted by atomic mass is 35.5. The van der Waals surface area contributed by atoms with Crippen molar-refractivity contribution in [3.05, 3.63) is 0 Å². The van der Waals surface area contributed by atoms with Gasteiger partial charge in [0.05, 0.1) is 0 Å². The Kier molecular flexibility index (Phi) is 7.24. The monoisotopic (exact) mass is 397 g/mol. The van der Waals surface area contributed by atoms with Crippen molar-refractivity contribution in [2.45, 2.75) is 103 Å². The van der Waals surface area contributed by atoms with Crippen LogP contribution >= 0.6 is 23.2 Å². The second-order valence-electron chi connectivity index (χ2n) is 11.2.